The van der Waals surface area contributed by atoms with Crippen LogP contribution in [0.3, 0.4) is 0 Å². The maximum atomic E-state index is 13.8. The summed E-state index contributed by atoms with van der Waals surface area (Å²) < 4.78 is 19.9. The zero-order chi connectivity index (χ0) is 9.90. The van der Waals surface area contributed by atoms with Gasteiger partial charge < -0.3 is 4.74 Å². The monoisotopic (exact) mass is 209 g/mol. The molecule has 0 atom stereocenters. The summed E-state index contributed by atoms with van der Waals surface area (Å²) in [5.74, 6) is -0.750. The first-order chi connectivity index (χ1) is 6.08. The second-order valence-corrected chi connectivity index (χ2v) is 3.57. The molecule has 0 aliphatic carbocycles. The van der Waals surface area contributed by atoms with Crippen molar-refractivity contribution in [1.29, 1.82) is 0 Å². The maximum Gasteiger partial charge on any atom is 0.343 e. The summed E-state index contributed by atoms with van der Waals surface area (Å²) in [7, 11) is 0. The summed E-state index contributed by atoms with van der Waals surface area (Å²) in [5, 5.41) is 0. The van der Waals surface area contributed by atoms with Crippen molar-refractivity contribution in [3.8, 4) is 0 Å². The zero-order valence-electron chi connectivity index (χ0n) is 7.56. The molecule has 0 spiro atoms. The number of hydrogen-bond donors (Lipinski definition) is 0. The second-order valence-electron chi connectivity index (χ2n) is 3.10. The molecule has 0 N–H and O–H groups in total. The number of nitrogens with zero attached hydrogens (tertiary/aromatic N) is 1. The van der Waals surface area contributed by atoms with E-state index in [9.17, 15) is 9.18 Å². The van der Waals surface area contributed by atoms with Crippen molar-refractivity contribution in [3.05, 3.63) is 0 Å². The van der Waals surface area contributed by atoms with E-state index in [-0.39, 0.29) is 19.4 Å². The molecule has 5 heteroatoms. The van der Waals surface area contributed by atoms with Crippen molar-refractivity contribution in [2.24, 2.45) is 0 Å². The summed E-state index contributed by atoms with van der Waals surface area (Å²) in [6.45, 7) is 2.65. The van der Waals surface area contributed by atoms with Crippen molar-refractivity contribution in [2.75, 3.05) is 19.7 Å². The number of halogens is 2. The van der Waals surface area contributed by atoms with Crippen LogP contribution in [0.4, 0.5) is 4.39 Å². The Labute approximate surface area is 81.9 Å². The summed E-state index contributed by atoms with van der Waals surface area (Å²) in [5.41, 5.74) is -1.82. The average molecular weight is 210 g/mol. The lowest BCUT2D eigenvalue weighted by molar-refractivity contribution is -0.160. The molecule has 0 aromatic rings. The number of alkyl halides is 1. The van der Waals surface area contributed by atoms with Crippen LogP contribution >= 0.6 is 11.8 Å². The van der Waals surface area contributed by atoms with Gasteiger partial charge in [0.05, 0.1) is 6.61 Å². The number of ether oxygens (including phenoxy) is 1. The summed E-state index contributed by atoms with van der Waals surface area (Å²) in [6, 6.07) is 0. The minimum Gasteiger partial charge on any atom is -0.464 e. The number of carbonyl (C=O) groups is 1. The van der Waals surface area contributed by atoms with Gasteiger partial charge in [-0.15, -0.1) is 0 Å². The van der Waals surface area contributed by atoms with Crippen molar-refractivity contribution in [1.82, 2.24) is 4.42 Å². The van der Waals surface area contributed by atoms with E-state index >= 15 is 0 Å². The van der Waals surface area contributed by atoms with Crippen LogP contribution in [-0.2, 0) is 9.53 Å². The molecule has 0 amide bonds. The van der Waals surface area contributed by atoms with Gasteiger partial charge in [0.1, 0.15) is 0 Å². The minimum absolute atomic E-state index is 0.120. The maximum absolute atomic E-state index is 13.8. The van der Waals surface area contributed by atoms with E-state index in [1.165, 1.54) is 4.42 Å². The van der Waals surface area contributed by atoms with Crippen LogP contribution in [0.2, 0.25) is 0 Å². The van der Waals surface area contributed by atoms with Crippen molar-refractivity contribution < 1.29 is 13.9 Å². The highest BCUT2D eigenvalue weighted by Crippen LogP contribution is 2.28. The molecule has 0 saturated carbocycles. The molecule has 0 bridgehead atoms. The Kier molecular flexibility index (Phi) is 3.50. The number of rotatable bonds is 2. The predicted octanol–water partition coefficient (Wildman–Crippen LogP) is 1.51. The highest BCUT2D eigenvalue weighted by molar-refractivity contribution is 6.13. The van der Waals surface area contributed by atoms with Crippen LogP contribution in [0.5, 0.6) is 0 Å². The van der Waals surface area contributed by atoms with Gasteiger partial charge in [-0.25, -0.2) is 13.6 Å². The van der Waals surface area contributed by atoms with Crippen LogP contribution < -0.4 is 0 Å². The molecule has 1 fully saturated rings. The van der Waals surface area contributed by atoms with E-state index in [1.54, 1.807) is 6.92 Å². The SMILES string of the molecule is CCOC(=O)C1(F)CCN(Cl)CC1. The molecule has 3 nitrogen and oxygen atoms in total. The molecule has 1 saturated heterocycles. The van der Waals surface area contributed by atoms with Crippen molar-refractivity contribution in [3.63, 3.8) is 0 Å². The minimum atomic E-state index is -1.82. The zero-order valence-corrected chi connectivity index (χ0v) is 8.31. The Morgan fingerprint density at radius 2 is 2.15 bits per heavy atom. The first kappa shape index (κ1) is 10.7. The number of carbonyl (C=O) groups excluding carboxylic acids is 1. The fourth-order valence-corrected chi connectivity index (χ4v) is 1.47. The largest absolute Gasteiger partial charge is 0.464 e. The van der Waals surface area contributed by atoms with E-state index in [2.05, 4.69) is 4.74 Å². The standard InChI is InChI=1S/C8H13ClFNO2/c1-2-13-7(12)8(10)3-5-11(9)6-4-8/h2-6H2,1H3. The van der Waals surface area contributed by atoms with Crippen LogP contribution in [-0.4, -0.2) is 35.8 Å². The molecule has 0 unspecified atom stereocenters. The number of hydrogen-bond acceptors (Lipinski definition) is 3. The van der Waals surface area contributed by atoms with Crippen LogP contribution in [0.1, 0.15) is 19.8 Å². The number of esters is 1. The third-order valence-electron chi connectivity index (χ3n) is 2.14. The van der Waals surface area contributed by atoms with Gasteiger partial charge in [0.25, 0.3) is 0 Å². The van der Waals surface area contributed by atoms with Gasteiger partial charge in [-0.05, 0) is 18.7 Å². The summed E-state index contributed by atoms with van der Waals surface area (Å²) in [4.78, 5) is 11.2. The molecule has 76 valence electrons. The van der Waals surface area contributed by atoms with E-state index in [4.69, 9.17) is 11.8 Å². The van der Waals surface area contributed by atoms with Crippen molar-refractivity contribution in [2.45, 2.75) is 25.4 Å². The van der Waals surface area contributed by atoms with Gasteiger partial charge in [0.2, 0.25) is 5.67 Å². The predicted molar refractivity (Wildman–Crippen MR) is 47.1 cm³/mol. The molecule has 1 rings (SSSR count). The molecular weight excluding hydrogens is 197 g/mol. The molecule has 1 aliphatic heterocycles. The molecule has 13 heavy (non-hydrogen) atoms. The van der Waals surface area contributed by atoms with E-state index in [1.807, 2.05) is 0 Å². The Morgan fingerprint density at radius 1 is 1.62 bits per heavy atom. The first-order valence-corrected chi connectivity index (χ1v) is 4.69. The fourth-order valence-electron chi connectivity index (χ4n) is 1.30. The quantitative estimate of drug-likeness (QED) is 0.510. The normalized spacial score (nSPS) is 22.7. The van der Waals surface area contributed by atoms with Crippen LogP contribution in [0, 0.1) is 0 Å². The van der Waals surface area contributed by atoms with E-state index in [0.29, 0.717) is 13.1 Å². The first-order valence-electron chi connectivity index (χ1n) is 4.35. The topological polar surface area (TPSA) is 29.5 Å². The third kappa shape index (κ3) is 2.54. The van der Waals surface area contributed by atoms with Crippen LogP contribution in [0.25, 0.3) is 0 Å². The number of piperidine rings is 1. The van der Waals surface area contributed by atoms with Gasteiger partial charge in [-0.3, -0.25) is 0 Å². The average Bonchev–Trinajstić information content (AvgIpc) is 2.11. The molecule has 0 radical (unpaired) electrons. The van der Waals surface area contributed by atoms with Gasteiger partial charge >= 0.3 is 5.97 Å². The Bertz CT molecular complexity index is 193. The van der Waals surface area contributed by atoms with Crippen LogP contribution in [0.15, 0.2) is 0 Å². The van der Waals surface area contributed by atoms with Gasteiger partial charge in [-0.1, -0.05) is 0 Å². The Hall–Kier alpha value is -0.350. The summed E-state index contributed by atoms with van der Waals surface area (Å²) >= 11 is 5.64. The lowest BCUT2D eigenvalue weighted by Gasteiger charge is -2.30. The smallest absolute Gasteiger partial charge is 0.343 e. The molecule has 1 aliphatic rings. The second kappa shape index (κ2) is 4.24. The molecule has 1 heterocycles. The van der Waals surface area contributed by atoms with Gasteiger partial charge in [-0.2, -0.15) is 0 Å². The Morgan fingerprint density at radius 3 is 2.62 bits per heavy atom. The van der Waals surface area contributed by atoms with Gasteiger partial charge in [0.15, 0.2) is 0 Å². The molecule has 0 aromatic heterocycles. The molecule has 0 aromatic carbocycles. The lowest BCUT2D eigenvalue weighted by Crippen LogP contribution is -2.44. The molecular formula is C8H13ClFNO2. The lowest BCUT2D eigenvalue weighted by atomic mass is 9.95. The van der Waals surface area contributed by atoms with Crippen molar-refractivity contribution >= 4 is 17.7 Å². The van der Waals surface area contributed by atoms with E-state index < -0.39 is 11.6 Å². The highest BCUT2D eigenvalue weighted by Gasteiger charge is 2.42. The highest BCUT2D eigenvalue weighted by atomic mass is 35.5. The Balaban J connectivity index is 2.51. The fraction of sp³-hybridized carbons (Fsp3) is 0.875. The summed E-state index contributed by atoms with van der Waals surface area (Å²) in [6.07, 6.45) is 0.241. The van der Waals surface area contributed by atoms with E-state index in [0.717, 1.165) is 0 Å². The third-order valence-corrected chi connectivity index (χ3v) is 2.48. The van der Waals surface area contributed by atoms with Gasteiger partial charge in [0, 0.05) is 25.9 Å².